The third-order valence-corrected chi connectivity index (χ3v) is 6.24. The lowest BCUT2D eigenvalue weighted by Gasteiger charge is -2.17. The van der Waals surface area contributed by atoms with Crippen LogP contribution >= 0.6 is 11.3 Å². The Morgan fingerprint density at radius 1 is 1.35 bits per heavy atom. The average Bonchev–Trinajstić information content (AvgIpc) is 2.96. The van der Waals surface area contributed by atoms with Gasteiger partial charge in [0.1, 0.15) is 10.7 Å². The standard InChI is InChI=1S/C19H19N3O3S/c1-11-3-8-15-16(9-11)26-18-17(15)19(23)21(12(2)20-18)10-13-4-6-14(7-5-13)22(24)25/h4-7,11H,3,8-10H2,1-2H3. The zero-order valence-electron chi connectivity index (χ0n) is 14.7. The molecule has 134 valence electrons. The van der Waals surface area contributed by atoms with E-state index in [1.165, 1.54) is 22.6 Å². The van der Waals surface area contributed by atoms with Gasteiger partial charge in [0.25, 0.3) is 11.2 Å². The maximum atomic E-state index is 13.2. The van der Waals surface area contributed by atoms with Gasteiger partial charge >= 0.3 is 0 Å². The fourth-order valence-corrected chi connectivity index (χ4v) is 5.04. The van der Waals surface area contributed by atoms with E-state index in [2.05, 4.69) is 11.9 Å². The predicted octanol–water partition coefficient (Wildman–Crippen LogP) is 3.85. The second kappa shape index (κ2) is 6.32. The Hall–Kier alpha value is -2.54. The van der Waals surface area contributed by atoms with E-state index in [0.717, 1.165) is 35.0 Å². The van der Waals surface area contributed by atoms with E-state index in [4.69, 9.17) is 0 Å². The van der Waals surface area contributed by atoms with E-state index in [0.29, 0.717) is 18.3 Å². The van der Waals surface area contributed by atoms with Crippen molar-refractivity contribution in [2.75, 3.05) is 0 Å². The molecule has 2 aromatic heterocycles. The van der Waals surface area contributed by atoms with Crippen LogP contribution in [0.5, 0.6) is 0 Å². The molecule has 6 nitrogen and oxygen atoms in total. The molecule has 26 heavy (non-hydrogen) atoms. The van der Waals surface area contributed by atoms with Crippen molar-refractivity contribution in [2.24, 2.45) is 5.92 Å². The molecule has 0 saturated heterocycles. The van der Waals surface area contributed by atoms with E-state index in [9.17, 15) is 14.9 Å². The Kier molecular flexibility index (Phi) is 4.11. The van der Waals surface area contributed by atoms with E-state index in [-0.39, 0.29) is 11.2 Å². The number of fused-ring (bicyclic) bond motifs is 3. The molecule has 0 bridgehead atoms. The number of hydrogen-bond donors (Lipinski definition) is 0. The second-order valence-corrected chi connectivity index (χ2v) is 8.09. The summed E-state index contributed by atoms with van der Waals surface area (Å²) >= 11 is 1.65. The van der Waals surface area contributed by atoms with Gasteiger partial charge in [-0.05, 0) is 43.2 Å². The molecule has 1 aromatic carbocycles. The lowest BCUT2D eigenvalue weighted by Crippen LogP contribution is -2.25. The first-order valence-electron chi connectivity index (χ1n) is 8.69. The Balaban J connectivity index is 1.78. The first-order valence-corrected chi connectivity index (χ1v) is 9.50. The lowest BCUT2D eigenvalue weighted by molar-refractivity contribution is -0.384. The number of nitro benzene ring substituents is 1. The topological polar surface area (TPSA) is 78.0 Å². The molecule has 0 amide bonds. The van der Waals surface area contributed by atoms with Crippen LogP contribution < -0.4 is 5.56 Å². The maximum absolute atomic E-state index is 13.2. The Labute approximate surface area is 154 Å². The summed E-state index contributed by atoms with van der Waals surface area (Å²) in [6.45, 7) is 4.46. The van der Waals surface area contributed by atoms with Crippen LogP contribution in [0.25, 0.3) is 10.2 Å². The zero-order chi connectivity index (χ0) is 18.4. The lowest BCUT2D eigenvalue weighted by atomic mass is 9.89. The van der Waals surface area contributed by atoms with E-state index < -0.39 is 4.92 Å². The molecule has 0 spiro atoms. The maximum Gasteiger partial charge on any atom is 0.269 e. The smallest absolute Gasteiger partial charge is 0.269 e. The zero-order valence-corrected chi connectivity index (χ0v) is 15.5. The molecule has 1 unspecified atom stereocenters. The summed E-state index contributed by atoms with van der Waals surface area (Å²) in [6.07, 6.45) is 3.07. The van der Waals surface area contributed by atoms with Crippen molar-refractivity contribution in [1.29, 1.82) is 0 Å². The van der Waals surface area contributed by atoms with Gasteiger partial charge in [-0.15, -0.1) is 11.3 Å². The number of thiophene rings is 1. The number of benzene rings is 1. The molecule has 1 atom stereocenters. The molecule has 0 aliphatic heterocycles. The minimum absolute atomic E-state index is 0.00194. The first kappa shape index (κ1) is 16.9. The summed E-state index contributed by atoms with van der Waals surface area (Å²) in [5, 5.41) is 11.6. The highest BCUT2D eigenvalue weighted by atomic mass is 32.1. The Morgan fingerprint density at radius 2 is 2.08 bits per heavy atom. The minimum atomic E-state index is -0.423. The summed E-state index contributed by atoms with van der Waals surface area (Å²) in [6, 6.07) is 6.32. The van der Waals surface area contributed by atoms with Crippen LogP contribution in [0.4, 0.5) is 5.69 Å². The van der Waals surface area contributed by atoms with Gasteiger partial charge in [0, 0.05) is 17.0 Å². The van der Waals surface area contributed by atoms with Crippen LogP contribution in [0.15, 0.2) is 29.1 Å². The van der Waals surface area contributed by atoms with Crippen molar-refractivity contribution < 1.29 is 4.92 Å². The molecular formula is C19H19N3O3S. The van der Waals surface area contributed by atoms with Crippen molar-refractivity contribution in [3.05, 3.63) is 66.6 Å². The molecule has 3 aromatic rings. The second-order valence-electron chi connectivity index (χ2n) is 7.01. The number of aromatic nitrogens is 2. The van der Waals surface area contributed by atoms with Crippen LogP contribution in [-0.2, 0) is 19.4 Å². The summed E-state index contributed by atoms with van der Waals surface area (Å²) in [4.78, 5) is 30.4. The van der Waals surface area contributed by atoms with Crippen LogP contribution in [0.3, 0.4) is 0 Å². The molecular weight excluding hydrogens is 350 g/mol. The van der Waals surface area contributed by atoms with Crippen LogP contribution in [0.1, 0.15) is 35.2 Å². The number of nitro groups is 1. The minimum Gasteiger partial charge on any atom is -0.292 e. The van der Waals surface area contributed by atoms with E-state index >= 15 is 0 Å². The molecule has 0 N–H and O–H groups in total. The largest absolute Gasteiger partial charge is 0.292 e. The fourth-order valence-electron chi connectivity index (χ4n) is 3.62. The number of non-ortho nitro benzene ring substituents is 1. The summed E-state index contributed by atoms with van der Waals surface area (Å²) in [5.74, 6) is 1.33. The van der Waals surface area contributed by atoms with Gasteiger partial charge in [-0.3, -0.25) is 19.5 Å². The molecule has 0 radical (unpaired) electrons. The monoisotopic (exact) mass is 369 g/mol. The quantitative estimate of drug-likeness (QED) is 0.519. The first-order chi connectivity index (χ1) is 12.4. The van der Waals surface area contributed by atoms with Crippen molar-refractivity contribution in [2.45, 2.75) is 39.7 Å². The van der Waals surface area contributed by atoms with Crippen LogP contribution in [0, 0.1) is 23.0 Å². The van der Waals surface area contributed by atoms with Crippen LogP contribution in [0.2, 0.25) is 0 Å². The van der Waals surface area contributed by atoms with Crippen LogP contribution in [-0.4, -0.2) is 14.5 Å². The molecule has 0 fully saturated rings. The Morgan fingerprint density at radius 3 is 2.77 bits per heavy atom. The number of aryl methyl sites for hydroxylation is 2. The molecule has 1 aliphatic carbocycles. The highest BCUT2D eigenvalue weighted by Crippen LogP contribution is 2.35. The average molecular weight is 369 g/mol. The van der Waals surface area contributed by atoms with Gasteiger partial charge in [-0.2, -0.15) is 0 Å². The predicted molar refractivity (Wildman–Crippen MR) is 102 cm³/mol. The van der Waals surface area contributed by atoms with E-state index in [1.807, 2.05) is 6.92 Å². The molecule has 2 heterocycles. The van der Waals surface area contributed by atoms with Gasteiger partial charge in [0.2, 0.25) is 0 Å². The highest BCUT2D eigenvalue weighted by molar-refractivity contribution is 7.18. The Bertz CT molecular complexity index is 1070. The molecule has 4 rings (SSSR count). The van der Waals surface area contributed by atoms with Gasteiger partial charge in [-0.25, -0.2) is 4.98 Å². The van der Waals surface area contributed by atoms with Crippen molar-refractivity contribution in [3.63, 3.8) is 0 Å². The summed E-state index contributed by atoms with van der Waals surface area (Å²) < 4.78 is 1.68. The molecule has 0 saturated carbocycles. The fraction of sp³-hybridized carbons (Fsp3) is 0.368. The number of nitrogens with zero attached hydrogens (tertiary/aromatic N) is 3. The molecule has 7 heteroatoms. The van der Waals surface area contributed by atoms with Crippen molar-refractivity contribution in [3.8, 4) is 0 Å². The SMILES string of the molecule is Cc1nc2sc3c(c2c(=O)n1Cc1ccc([N+](=O)[O-])cc1)CCC(C)C3. The third-order valence-electron chi connectivity index (χ3n) is 5.09. The summed E-state index contributed by atoms with van der Waals surface area (Å²) in [7, 11) is 0. The third kappa shape index (κ3) is 2.82. The van der Waals surface area contributed by atoms with Gasteiger partial charge in [0.05, 0.1) is 16.9 Å². The number of hydrogen-bond acceptors (Lipinski definition) is 5. The van der Waals surface area contributed by atoms with Crippen molar-refractivity contribution in [1.82, 2.24) is 9.55 Å². The van der Waals surface area contributed by atoms with Crippen molar-refractivity contribution >= 4 is 27.2 Å². The summed E-state index contributed by atoms with van der Waals surface area (Å²) in [5.41, 5.74) is 2.07. The van der Waals surface area contributed by atoms with E-state index in [1.54, 1.807) is 28.0 Å². The van der Waals surface area contributed by atoms with Gasteiger partial charge in [0.15, 0.2) is 0 Å². The highest BCUT2D eigenvalue weighted by Gasteiger charge is 2.24. The van der Waals surface area contributed by atoms with Gasteiger partial charge in [-0.1, -0.05) is 19.1 Å². The van der Waals surface area contributed by atoms with Gasteiger partial charge < -0.3 is 0 Å². The molecule has 1 aliphatic rings. The number of rotatable bonds is 3. The normalized spacial score (nSPS) is 16.6.